The lowest BCUT2D eigenvalue weighted by Gasteiger charge is -2.32. The van der Waals surface area contributed by atoms with E-state index in [2.05, 4.69) is 4.90 Å². The van der Waals surface area contributed by atoms with Crippen molar-refractivity contribution in [1.82, 2.24) is 9.80 Å². The lowest BCUT2D eigenvalue weighted by molar-refractivity contribution is -0.146. The molecule has 1 rings (SSSR count). The number of carboxylic acid groups (broad SMARTS) is 2. The lowest BCUT2D eigenvalue weighted by atomic mass is 10.0. The molecule has 1 saturated heterocycles. The summed E-state index contributed by atoms with van der Waals surface area (Å²) >= 11 is 0. The Morgan fingerprint density at radius 3 is 2.20 bits per heavy atom. The summed E-state index contributed by atoms with van der Waals surface area (Å²) in [5, 5.41) is 18.2. The molecule has 0 bridgehead atoms. The van der Waals surface area contributed by atoms with E-state index in [1.807, 2.05) is 13.8 Å². The lowest BCUT2D eigenvalue weighted by Crippen LogP contribution is -2.48. The Labute approximate surface area is 120 Å². The largest absolute Gasteiger partial charge is 0.481 e. The average Bonchev–Trinajstić information content (AvgIpc) is 2.84. The summed E-state index contributed by atoms with van der Waals surface area (Å²) in [6, 6.07) is -0.614. The molecule has 0 aromatic carbocycles. The van der Waals surface area contributed by atoms with Gasteiger partial charge in [0.2, 0.25) is 0 Å². The summed E-state index contributed by atoms with van der Waals surface area (Å²) in [5.41, 5.74) is 0. The molecule has 1 aliphatic rings. The van der Waals surface area contributed by atoms with E-state index < -0.39 is 18.0 Å². The van der Waals surface area contributed by atoms with Crippen molar-refractivity contribution in [3.63, 3.8) is 0 Å². The third-order valence-electron chi connectivity index (χ3n) is 3.79. The molecule has 1 aliphatic heterocycles. The summed E-state index contributed by atoms with van der Waals surface area (Å²) in [5.74, 6) is -1.80. The van der Waals surface area contributed by atoms with Gasteiger partial charge in [0.05, 0.1) is 6.42 Å². The Hall–Kier alpha value is -1.14. The van der Waals surface area contributed by atoms with Gasteiger partial charge in [0.25, 0.3) is 0 Å². The Bertz CT molecular complexity index is 327. The van der Waals surface area contributed by atoms with Gasteiger partial charge in [-0.25, -0.2) is 0 Å². The molecular formula is C14H26N2O4. The Kier molecular flexibility index (Phi) is 6.95. The normalized spacial score (nSPS) is 17.8. The van der Waals surface area contributed by atoms with Crippen LogP contribution < -0.4 is 0 Å². The van der Waals surface area contributed by atoms with Crippen LogP contribution in [0.15, 0.2) is 0 Å². The van der Waals surface area contributed by atoms with E-state index in [0.717, 1.165) is 19.6 Å². The minimum atomic E-state index is -0.885. The molecule has 0 saturated carbocycles. The van der Waals surface area contributed by atoms with Crippen LogP contribution in [0.2, 0.25) is 0 Å². The van der Waals surface area contributed by atoms with E-state index in [1.165, 1.54) is 12.8 Å². The molecule has 0 amide bonds. The second-order valence-corrected chi connectivity index (χ2v) is 5.76. The third kappa shape index (κ3) is 5.46. The first-order chi connectivity index (χ1) is 9.41. The van der Waals surface area contributed by atoms with Crippen molar-refractivity contribution in [2.45, 2.75) is 39.2 Å². The highest BCUT2D eigenvalue weighted by Crippen LogP contribution is 2.13. The van der Waals surface area contributed by atoms with Crippen LogP contribution in [0.3, 0.4) is 0 Å². The monoisotopic (exact) mass is 286 g/mol. The Balaban J connectivity index is 2.61. The van der Waals surface area contributed by atoms with Crippen molar-refractivity contribution in [2.75, 3.05) is 32.7 Å². The molecule has 1 fully saturated rings. The van der Waals surface area contributed by atoms with E-state index in [1.54, 1.807) is 4.90 Å². The Morgan fingerprint density at radius 1 is 1.15 bits per heavy atom. The van der Waals surface area contributed by atoms with Gasteiger partial charge in [-0.2, -0.15) is 0 Å². The molecule has 0 aromatic rings. The second-order valence-electron chi connectivity index (χ2n) is 5.76. The number of likely N-dealkylation sites (tertiary alicyclic amines) is 1. The van der Waals surface area contributed by atoms with Gasteiger partial charge < -0.3 is 15.1 Å². The maximum absolute atomic E-state index is 11.4. The number of carbonyl (C=O) groups is 2. The van der Waals surface area contributed by atoms with Gasteiger partial charge in [-0.05, 0) is 31.8 Å². The van der Waals surface area contributed by atoms with Crippen molar-refractivity contribution in [1.29, 1.82) is 0 Å². The molecule has 2 N–H and O–H groups in total. The number of hydrogen-bond acceptors (Lipinski definition) is 4. The molecule has 116 valence electrons. The zero-order valence-electron chi connectivity index (χ0n) is 12.4. The van der Waals surface area contributed by atoms with Crippen LogP contribution in [0.1, 0.15) is 33.1 Å². The standard InChI is InChI=1S/C14H26N2O4/c1-11(2)13(14(19)20)16(8-5-12(17)18)10-9-15-6-3-4-7-15/h11,13H,3-10H2,1-2H3,(H,17,18)(H,19,20). The molecule has 6 heteroatoms. The predicted molar refractivity (Wildman–Crippen MR) is 75.8 cm³/mol. The zero-order valence-corrected chi connectivity index (χ0v) is 12.4. The van der Waals surface area contributed by atoms with Crippen LogP contribution in [-0.4, -0.2) is 70.7 Å². The molecule has 0 radical (unpaired) electrons. The fourth-order valence-electron chi connectivity index (χ4n) is 2.77. The van der Waals surface area contributed by atoms with Gasteiger partial charge in [0.15, 0.2) is 0 Å². The van der Waals surface area contributed by atoms with Crippen LogP contribution >= 0.6 is 0 Å². The smallest absolute Gasteiger partial charge is 0.321 e. The first-order valence-electron chi connectivity index (χ1n) is 7.33. The van der Waals surface area contributed by atoms with Crippen molar-refractivity contribution in [3.8, 4) is 0 Å². The molecule has 1 heterocycles. The fraction of sp³-hybridized carbons (Fsp3) is 0.857. The van der Waals surface area contributed by atoms with Crippen molar-refractivity contribution in [2.24, 2.45) is 5.92 Å². The van der Waals surface area contributed by atoms with Gasteiger partial charge in [0, 0.05) is 19.6 Å². The number of aliphatic carboxylic acids is 2. The summed E-state index contributed by atoms with van der Waals surface area (Å²) < 4.78 is 0. The topological polar surface area (TPSA) is 81.1 Å². The van der Waals surface area contributed by atoms with E-state index in [9.17, 15) is 14.7 Å². The second kappa shape index (κ2) is 8.21. The SMILES string of the molecule is CC(C)C(C(=O)O)N(CCC(=O)O)CCN1CCCC1. The van der Waals surface area contributed by atoms with E-state index >= 15 is 0 Å². The molecule has 0 spiro atoms. The number of carboxylic acids is 2. The average molecular weight is 286 g/mol. The predicted octanol–water partition coefficient (Wildman–Crippen LogP) is 0.968. The maximum Gasteiger partial charge on any atom is 0.321 e. The maximum atomic E-state index is 11.4. The van der Waals surface area contributed by atoms with Crippen LogP contribution in [0, 0.1) is 5.92 Å². The highest BCUT2D eigenvalue weighted by molar-refractivity contribution is 5.74. The van der Waals surface area contributed by atoms with Crippen molar-refractivity contribution in [3.05, 3.63) is 0 Å². The van der Waals surface area contributed by atoms with Crippen LogP contribution in [0.4, 0.5) is 0 Å². The molecular weight excluding hydrogens is 260 g/mol. The fourth-order valence-corrected chi connectivity index (χ4v) is 2.77. The van der Waals surface area contributed by atoms with Gasteiger partial charge in [-0.3, -0.25) is 14.5 Å². The number of nitrogens with zero attached hydrogens (tertiary/aromatic N) is 2. The molecule has 20 heavy (non-hydrogen) atoms. The summed E-state index contributed by atoms with van der Waals surface area (Å²) in [7, 11) is 0. The van der Waals surface area contributed by atoms with Crippen molar-refractivity contribution >= 4 is 11.9 Å². The molecule has 1 atom stereocenters. The Morgan fingerprint density at radius 2 is 1.75 bits per heavy atom. The summed E-state index contributed by atoms with van der Waals surface area (Å²) in [6.07, 6.45) is 2.37. The quantitative estimate of drug-likeness (QED) is 0.657. The van der Waals surface area contributed by atoms with Crippen LogP contribution in [-0.2, 0) is 9.59 Å². The zero-order chi connectivity index (χ0) is 15.1. The minimum absolute atomic E-state index is 0.0174. The van der Waals surface area contributed by atoms with E-state index in [4.69, 9.17) is 5.11 Å². The minimum Gasteiger partial charge on any atom is -0.481 e. The first kappa shape index (κ1) is 16.9. The first-order valence-corrected chi connectivity index (χ1v) is 7.33. The number of rotatable bonds is 9. The number of hydrogen-bond donors (Lipinski definition) is 2. The molecule has 0 aliphatic carbocycles. The van der Waals surface area contributed by atoms with E-state index in [-0.39, 0.29) is 12.3 Å². The van der Waals surface area contributed by atoms with Crippen LogP contribution in [0.25, 0.3) is 0 Å². The van der Waals surface area contributed by atoms with Crippen molar-refractivity contribution < 1.29 is 19.8 Å². The summed E-state index contributed by atoms with van der Waals surface area (Å²) in [4.78, 5) is 26.3. The molecule has 0 aromatic heterocycles. The van der Waals surface area contributed by atoms with Gasteiger partial charge in [0.1, 0.15) is 6.04 Å². The van der Waals surface area contributed by atoms with Gasteiger partial charge >= 0.3 is 11.9 Å². The van der Waals surface area contributed by atoms with Crippen LogP contribution in [0.5, 0.6) is 0 Å². The van der Waals surface area contributed by atoms with Gasteiger partial charge in [-0.15, -0.1) is 0 Å². The van der Waals surface area contributed by atoms with E-state index in [0.29, 0.717) is 13.1 Å². The van der Waals surface area contributed by atoms with Gasteiger partial charge in [-0.1, -0.05) is 13.8 Å². The molecule has 1 unspecified atom stereocenters. The highest BCUT2D eigenvalue weighted by Gasteiger charge is 2.29. The molecule has 6 nitrogen and oxygen atoms in total. The third-order valence-corrected chi connectivity index (χ3v) is 3.79. The summed E-state index contributed by atoms with van der Waals surface area (Å²) in [6.45, 7) is 7.57. The highest BCUT2D eigenvalue weighted by atomic mass is 16.4.